The van der Waals surface area contributed by atoms with Crippen molar-refractivity contribution in [2.75, 3.05) is 19.8 Å². The summed E-state index contributed by atoms with van der Waals surface area (Å²) in [5.41, 5.74) is 0. The Hall–Kier alpha value is -1.30. The SMILES string of the molecule is O=C(NCC1CCOC1)N[C@H]1CC[C@@H](C(=O)O)C1. The second-order valence-electron chi connectivity index (χ2n) is 5.13. The first kappa shape index (κ1) is 13.1. The molecule has 2 rings (SSSR count). The van der Waals surface area contributed by atoms with Gasteiger partial charge in [0.05, 0.1) is 12.5 Å². The van der Waals surface area contributed by atoms with Gasteiger partial charge in [0.2, 0.25) is 0 Å². The first-order valence-corrected chi connectivity index (χ1v) is 6.50. The molecule has 102 valence electrons. The Labute approximate surface area is 106 Å². The maximum atomic E-state index is 11.6. The van der Waals surface area contributed by atoms with E-state index in [1.165, 1.54) is 0 Å². The predicted octanol–water partition coefficient (Wildman–Crippen LogP) is 0.575. The average molecular weight is 256 g/mol. The molecule has 1 saturated heterocycles. The summed E-state index contributed by atoms with van der Waals surface area (Å²) in [6, 6.07) is -0.205. The van der Waals surface area contributed by atoms with E-state index in [0.717, 1.165) is 19.4 Å². The van der Waals surface area contributed by atoms with Crippen molar-refractivity contribution in [1.82, 2.24) is 10.6 Å². The first-order valence-electron chi connectivity index (χ1n) is 6.50. The van der Waals surface area contributed by atoms with Crippen molar-refractivity contribution in [3.05, 3.63) is 0 Å². The van der Waals surface area contributed by atoms with Crippen LogP contribution in [0.5, 0.6) is 0 Å². The van der Waals surface area contributed by atoms with Crippen molar-refractivity contribution in [2.24, 2.45) is 11.8 Å². The second kappa shape index (κ2) is 6.04. The molecule has 18 heavy (non-hydrogen) atoms. The molecule has 1 aliphatic heterocycles. The smallest absolute Gasteiger partial charge is 0.315 e. The third kappa shape index (κ3) is 3.60. The standard InChI is InChI=1S/C12H20N2O4/c15-11(16)9-1-2-10(5-9)14-12(17)13-6-8-3-4-18-7-8/h8-10H,1-7H2,(H,15,16)(H2,13,14,17)/t8?,9-,10+/m1/s1. The minimum absolute atomic E-state index is 0.00840. The summed E-state index contributed by atoms with van der Waals surface area (Å²) in [4.78, 5) is 22.4. The summed E-state index contributed by atoms with van der Waals surface area (Å²) in [6.45, 7) is 2.11. The maximum Gasteiger partial charge on any atom is 0.315 e. The molecule has 2 amide bonds. The van der Waals surface area contributed by atoms with Crippen LogP contribution in [0.15, 0.2) is 0 Å². The number of hydrogen-bond acceptors (Lipinski definition) is 3. The average Bonchev–Trinajstić information content (AvgIpc) is 2.96. The molecule has 1 saturated carbocycles. The van der Waals surface area contributed by atoms with Gasteiger partial charge in [0, 0.05) is 25.1 Å². The molecule has 0 aromatic heterocycles. The lowest BCUT2D eigenvalue weighted by atomic mass is 10.1. The van der Waals surface area contributed by atoms with E-state index in [-0.39, 0.29) is 18.0 Å². The number of rotatable bonds is 4. The highest BCUT2D eigenvalue weighted by Crippen LogP contribution is 2.25. The van der Waals surface area contributed by atoms with Gasteiger partial charge in [-0.3, -0.25) is 4.79 Å². The number of carboxylic acids is 1. The molecule has 1 unspecified atom stereocenters. The Morgan fingerprint density at radius 3 is 2.72 bits per heavy atom. The lowest BCUT2D eigenvalue weighted by Crippen LogP contribution is -2.43. The fourth-order valence-electron chi connectivity index (χ4n) is 2.55. The van der Waals surface area contributed by atoms with E-state index in [0.29, 0.717) is 31.9 Å². The van der Waals surface area contributed by atoms with Gasteiger partial charge in [0.1, 0.15) is 0 Å². The molecular weight excluding hydrogens is 236 g/mol. The first-order chi connectivity index (χ1) is 8.65. The van der Waals surface area contributed by atoms with Crippen LogP contribution in [0.2, 0.25) is 0 Å². The fourth-order valence-corrected chi connectivity index (χ4v) is 2.55. The van der Waals surface area contributed by atoms with Gasteiger partial charge in [0.15, 0.2) is 0 Å². The molecule has 0 aromatic rings. The van der Waals surface area contributed by atoms with E-state index in [4.69, 9.17) is 9.84 Å². The number of amides is 2. The van der Waals surface area contributed by atoms with E-state index in [1.807, 2.05) is 0 Å². The summed E-state index contributed by atoms with van der Waals surface area (Å²) < 4.78 is 5.23. The number of carbonyl (C=O) groups is 2. The van der Waals surface area contributed by atoms with E-state index in [2.05, 4.69) is 10.6 Å². The topological polar surface area (TPSA) is 87.7 Å². The molecule has 2 fully saturated rings. The van der Waals surface area contributed by atoms with Crippen LogP contribution in [-0.4, -0.2) is 42.9 Å². The number of ether oxygens (including phenoxy) is 1. The van der Waals surface area contributed by atoms with Crippen molar-refractivity contribution < 1.29 is 19.4 Å². The van der Waals surface area contributed by atoms with Crippen LogP contribution in [0.25, 0.3) is 0 Å². The molecule has 6 heteroatoms. The highest BCUT2D eigenvalue weighted by molar-refractivity contribution is 5.75. The van der Waals surface area contributed by atoms with Gasteiger partial charge in [0.25, 0.3) is 0 Å². The van der Waals surface area contributed by atoms with E-state index >= 15 is 0 Å². The van der Waals surface area contributed by atoms with E-state index in [1.54, 1.807) is 0 Å². The van der Waals surface area contributed by atoms with Gasteiger partial charge >= 0.3 is 12.0 Å². The lowest BCUT2D eigenvalue weighted by Gasteiger charge is -2.15. The zero-order valence-electron chi connectivity index (χ0n) is 10.4. The lowest BCUT2D eigenvalue weighted by molar-refractivity contribution is -0.141. The van der Waals surface area contributed by atoms with Crippen LogP contribution in [-0.2, 0) is 9.53 Å². The molecule has 3 atom stereocenters. The van der Waals surface area contributed by atoms with Crippen LogP contribution >= 0.6 is 0 Å². The highest BCUT2D eigenvalue weighted by atomic mass is 16.5. The number of urea groups is 1. The summed E-state index contributed by atoms with van der Waals surface area (Å²) in [7, 11) is 0. The van der Waals surface area contributed by atoms with Crippen molar-refractivity contribution >= 4 is 12.0 Å². The Kier molecular flexibility index (Phi) is 4.41. The molecule has 2 aliphatic rings. The Bertz CT molecular complexity index is 315. The number of aliphatic carboxylic acids is 1. The Morgan fingerprint density at radius 1 is 1.28 bits per heavy atom. The highest BCUT2D eigenvalue weighted by Gasteiger charge is 2.30. The zero-order chi connectivity index (χ0) is 13.0. The van der Waals surface area contributed by atoms with Crippen LogP contribution in [0.1, 0.15) is 25.7 Å². The van der Waals surface area contributed by atoms with Crippen molar-refractivity contribution in [1.29, 1.82) is 0 Å². The summed E-state index contributed by atoms with van der Waals surface area (Å²) in [5, 5.41) is 14.5. The molecule has 1 heterocycles. The normalized spacial score (nSPS) is 31.2. The third-order valence-corrected chi connectivity index (χ3v) is 3.69. The van der Waals surface area contributed by atoms with Crippen molar-refractivity contribution in [3.63, 3.8) is 0 Å². The van der Waals surface area contributed by atoms with Gasteiger partial charge in [-0.05, 0) is 25.7 Å². The molecule has 0 bridgehead atoms. The third-order valence-electron chi connectivity index (χ3n) is 3.69. The van der Waals surface area contributed by atoms with Gasteiger partial charge in [-0.2, -0.15) is 0 Å². The molecule has 0 radical (unpaired) electrons. The maximum absolute atomic E-state index is 11.6. The minimum Gasteiger partial charge on any atom is -0.481 e. The van der Waals surface area contributed by atoms with Crippen LogP contribution in [0.4, 0.5) is 4.79 Å². The Balaban J connectivity index is 1.63. The number of nitrogens with one attached hydrogen (secondary N) is 2. The van der Waals surface area contributed by atoms with Crippen LogP contribution < -0.4 is 10.6 Å². The second-order valence-corrected chi connectivity index (χ2v) is 5.13. The van der Waals surface area contributed by atoms with E-state index in [9.17, 15) is 9.59 Å². The van der Waals surface area contributed by atoms with Crippen molar-refractivity contribution in [2.45, 2.75) is 31.7 Å². The van der Waals surface area contributed by atoms with Gasteiger partial charge in [-0.15, -0.1) is 0 Å². The van der Waals surface area contributed by atoms with E-state index < -0.39 is 5.97 Å². The monoisotopic (exact) mass is 256 g/mol. The van der Waals surface area contributed by atoms with Gasteiger partial charge in [-0.1, -0.05) is 0 Å². The predicted molar refractivity (Wildman–Crippen MR) is 64.2 cm³/mol. The number of carboxylic acid groups (broad SMARTS) is 1. The molecule has 3 N–H and O–H groups in total. The Morgan fingerprint density at radius 2 is 2.11 bits per heavy atom. The van der Waals surface area contributed by atoms with Crippen LogP contribution in [0.3, 0.4) is 0 Å². The van der Waals surface area contributed by atoms with Crippen molar-refractivity contribution in [3.8, 4) is 0 Å². The minimum atomic E-state index is -0.761. The molecule has 0 aromatic carbocycles. The number of carbonyl (C=O) groups excluding carboxylic acids is 1. The number of hydrogen-bond donors (Lipinski definition) is 3. The zero-order valence-corrected chi connectivity index (χ0v) is 10.4. The molecule has 0 spiro atoms. The fraction of sp³-hybridized carbons (Fsp3) is 0.833. The molecule has 6 nitrogen and oxygen atoms in total. The van der Waals surface area contributed by atoms with Gasteiger partial charge in [-0.25, -0.2) is 4.79 Å². The quantitative estimate of drug-likeness (QED) is 0.686. The largest absolute Gasteiger partial charge is 0.481 e. The molecule has 1 aliphatic carbocycles. The molecular formula is C12H20N2O4. The summed E-state index contributed by atoms with van der Waals surface area (Å²) >= 11 is 0. The summed E-state index contributed by atoms with van der Waals surface area (Å²) in [5.74, 6) is -0.660. The van der Waals surface area contributed by atoms with Crippen LogP contribution in [0, 0.1) is 11.8 Å². The van der Waals surface area contributed by atoms with Gasteiger partial charge < -0.3 is 20.5 Å². The summed E-state index contributed by atoms with van der Waals surface area (Å²) in [6.07, 6.45) is 2.92.